The van der Waals surface area contributed by atoms with Crippen LogP contribution < -0.4 is 10.1 Å². The maximum Gasteiger partial charge on any atom is 0.249 e. The summed E-state index contributed by atoms with van der Waals surface area (Å²) in [5, 5.41) is 7.05. The summed E-state index contributed by atoms with van der Waals surface area (Å²) < 4.78 is 6.95. The Labute approximate surface area is 130 Å². The third-order valence-electron chi connectivity index (χ3n) is 3.03. The van der Waals surface area contributed by atoms with Crippen LogP contribution in [-0.2, 0) is 11.3 Å². The Morgan fingerprint density at radius 1 is 1.41 bits per heavy atom. The average molecular weight is 299 g/mol. The number of hydrogen-bond acceptors (Lipinski definition) is 3. The molecule has 1 N–H and O–H groups in total. The molecule has 5 nitrogen and oxygen atoms in total. The number of aromatic nitrogens is 2. The van der Waals surface area contributed by atoms with Crippen LogP contribution in [0.15, 0.2) is 42.6 Å². The summed E-state index contributed by atoms with van der Waals surface area (Å²) in [6, 6.07) is 9.32. The zero-order chi connectivity index (χ0) is 15.9. The minimum absolute atomic E-state index is 0.187. The molecule has 1 aromatic heterocycles. The first-order chi connectivity index (χ1) is 10.6. The van der Waals surface area contributed by atoms with Crippen molar-refractivity contribution < 1.29 is 9.53 Å². The molecule has 0 fully saturated rings. The van der Waals surface area contributed by atoms with Gasteiger partial charge >= 0.3 is 0 Å². The van der Waals surface area contributed by atoms with Crippen LogP contribution in [-0.4, -0.2) is 22.8 Å². The van der Waals surface area contributed by atoms with Crippen molar-refractivity contribution in [3.63, 3.8) is 0 Å². The van der Waals surface area contributed by atoms with Crippen molar-refractivity contribution in [2.24, 2.45) is 5.92 Å². The Kier molecular flexibility index (Phi) is 5.36. The van der Waals surface area contributed by atoms with Gasteiger partial charge in [0.05, 0.1) is 13.3 Å². The lowest BCUT2D eigenvalue weighted by Gasteiger charge is -2.09. The van der Waals surface area contributed by atoms with Crippen LogP contribution in [0.25, 0.3) is 6.08 Å². The van der Waals surface area contributed by atoms with Crippen LogP contribution in [0.4, 0.5) is 5.82 Å². The summed E-state index contributed by atoms with van der Waals surface area (Å²) >= 11 is 0. The van der Waals surface area contributed by atoms with Crippen LogP contribution in [0.1, 0.15) is 19.4 Å². The van der Waals surface area contributed by atoms with Gasteiger partial charge in [0.15, 0.2) is 0 Å². The molecule has 0 saturated heterocycles. The van der Waals surface area contributed by atoms with Crippen molar-refractivity contribution in [2.45, 2.75) is 20.4 Å². The Hall–Kier alpha value is -2.56. The number of carbonyl (C=O) groups is 1. The van der Waals surface area contributed by atoms with Crippen molar-refractivity contribution in [2.75, 3.05) is 12.4 Å². The van der Waals surface area contributed by atoms with E-state index in [1.807, 2.05) is 24.3 Å². The summed E-state index contributed by atoms with van der Waals surface area (Å²) in [7, 11) is 1.62. The third-order valence-corrected chi connectivity index (χ3v) is 3.03. The van der Waals surface area contributed by atoms with Gasteiger partial charge < -0.3 is 10.1 Å². The molecule has 0 aliphatic heterocycles. The predicted octanol–water partition coefficient (Wildman–Crippen LogP) is 3.20. The number of methoxy groups -OCH3 is 1. The first-order valence-electron chi connectivity index (χ1n) is 7.23. The topological polar surface area (TPSA) is 56.1 Å². The second kappa shape index (κ2) is 7.45. The molecule has 2 rings (SSSR count). The van der Waals surface area contributed by atoms with Gasteiger partial charge in [0.1, 0.15) is 11.6 Å². The van der Waals surface area contributed by atoms with E-state index < -0.39 is 0 Å². The van der Waals surface area contributed by atoms with Gasteiger partial charge in [-0.3, -0.25) is 4.79 Å². The van der Waals surface area contributed by atoms with Gasteiger partial charge in [0.2, 0.25) is 5.91 Å². The zero-order valence-electron chi connectivity index (χ0n) is 13.1. The Balaban J connectivity index is 2.00. The molecule has 0 bridgehead atoms. The molecule has 0 aliphatic rings. The fourth-order valence-corrected chi connectivity index (χ4v) is 2.02. The Morgan fingerprint density at radius 3 is 2.95 bits per heavy atom. The van der Waals surface area contributed by atoms with Gasteiger partial charge in [-0.1, -0.05) is 26.0 Å². The highest BCUT2D eigenvalue weighted by Gasteiger charge is 2.06. The normalized spacial score (nSPS) is 11.1. The minimum atomic E-state index is -0.187. The number of benzene rings is 1. The smallest absolute Gasteiger partial charge is 0.249 e. The van der Waals surface area contributed by atoms with Crippen LogP contribution in [0.3, 0.4) is 0 Å². The monoisotopic (exact) mass is 299 g/mol. The number of nitrogens with one attached hydrogen (secondary N) is 1. The van der Waals surface area contributed by atoms with E-state index >= 15 is 0 Å². The molecule has 1 amide bonds. The van der Waals surface area contributed by atoms with Crippen molar-refractivity contribution in [3.8, 4) is 5.75 Å². The molecule has 116 valence electrons. The molecule has 0 spiro atoms. The quantitative estimate of drug-likeness (QED) is 0.833. The van der Waals surface area contributed by atoms with E-state index in [4.69, 9.17) is 4.74 Å². The third kappa shape index (κ3) is 4.48. The van der Waals surface area contributed by atoms with Crippen molar-refractivity contribution in [1.29, 1.82) is 0 Å². The van der Waals surface area contributed by atoms with E-state index in [0.29, 0.717) is 11.7 Å². The first-order valence-corrected chi connectivity index (χ1v) is 7.23. The van der Waals surface area contributed by atoms with E-state index in [2.05, 4.69) is 24.3 Å². The number of hydrogen-bond donors (Lipinski definition) is 1. The summed E-state index contributed by atoms with van der Waals surface area (Å²) in [5.74, 6) is 1.74. The van der Waals surface area contributed by atoms with E-state index in [1.54, 1.807) is 30.1 Å². The molecule has 2 aromatic rings. The maximum absolute atomic E-state index is 12.0. The lowest BCUT2D eigenvalue weighted by atomic mass is 10.2. The highest BCUT2D eigenvalue weighted by Crippen LogP contribution is 2.14. The van der Waals surface area contributed by atoms with Crippen LogP contribution in [0.5, 0.6) is 5.75 Å². The van der Waals surface area contributed by atoms with Gasteiger partial charge in [0.25, 0.3) is 0 Å². The molecule has 0 radical (unpaired) electrons. The van der Waals surface area contributed by atoms with Gasteiger partial charge in [-0.15, -0.1) is 0 Å². The molecule has 0 aliphatic carbocycles. The van der Waals surface area contributed by atoms with Gasteiger partial charge in [0, 0.05) is 18.7 Å². The number of carbonyl (C=O) groups excluding carboxylic acids is 1. The lowest BCUT2D eigenvalue weighted by Crippen LogP contribution is -2.15. The molecule has 1 aromatic carbocycles. The van der Waals surface area contributed by atoms with Crippen molar-refractivity contribution in [1.82, 2.24) is 9.78 Å². The van der Waals surface area contributed by atoms with Crippen LogP contribution >= 0.6 is 0 Å². The molecule has 1 heterocycles. The molecule has 0 unspecified atom stereocenters. The minimum Gasteiger partial charge on any atom is -0.497 e. The van der Waals surface area contributed by atoms with E-state index in [0.717, 1.165) is 17.9 Å². The van der Waals surface area contributed by atoms with E-state index in [9.17, 15) is 4.79 Å². The molecular weight excluding hydrogens is 278 g/mol. The van der Waals surface area contributed by atoms with Gasteiger partial charge in [-0.2, -0.15) is 5.10 Å². The summed E-state index contributed by atoms with van der Waals surface area (Å²) in [5.41, 5.74) is 0.908. The lowest BCUT2D eigenvalue weighted by molar-refractivity contribution is -0.111. The Bertz CT molecular complexity index is 659. The molecular formula is C17H21N3O2. The summed E-state index contributed by atoms with van der Waals surface area (Å²) in [6.45, 7) is 4.98. The van der Waals surface area contributed by atoms with E-state index in [1.165, 1.54) is 6.08 Å². The fourth-order valence-electron chi connectivity index (χ4n) is 2.02. The van der Waals surface area contributed by atoms with Gasteiger partial charge in [-0.05, 0) is 29.7 Å². The summed E-state index contributed by atoms with van der Waals surface area (Å²) in [6.07, 6.45) is 4.94. The standard InChI is InChI=1S/C17H21N3O2/c1-13(2)12-20-16(9-10-18-20)19-17(21)8-7-14-5-4-6-15(11-14)22-3/h4-11,13H,12H2,1-3H3,(H,19,21). The second-order valence-electron chi connectivity index (χ2n) is 5.39. The van der Waals surface area contributed by atoms with E-state index in [-0.39, 0.29) is 5.91 Å². The predicted molar refractivity (Wildman–Crippen MR) is 87.7 cm³/mol. The fraction of sp³-hybridized carbons (Fsp3) is 0.294. The number of nitrogens with zero attached hydrogens (tertiary/aromatic N) is 2. The van der Waals surface area contributed by atoms with Crippen molar-refractivity contribution in [3.05, 3.63) is 48.2 Å². The number of amides is 1. The summed E-state index contributed by atoms with van der Waals surface area (Å²) in [4.78, 5) is 12.0. The number of rotatable bonds is 6. The SMILES string of the molecule is COc1cccc(C=CC(=O)Nc2ccnn2CC(C)C)c1. The largest absolute Gasteiger partial charge is 0.497 e. The maximum atomic E-state index is 12.0. The number of anilines is 1. The zero-order valence-corrected chi connectivity index (χ0v) is 13.1. The van der Waals surface area contributed by atoms with Crippen LogP contribution in [0.2, 0.25) is 0 Å². The van der Waals surface area contributed by atoms with Gasteiger partial charge in [-0.25, -0.2) is 4.68 Å². The molecule has 0 atom stereocenters. The molecule has 22 heavy (non-hydrogen) atoms. The Morgan fingerprint density at radius 2 is 2.23 bits per heavy atom. The van der Waals surface area contributed by atoms with Crippen molar-refractivity contribution >= 4 is 17.8 Å². The average Bonchev–Trinajstić information content (AvgIpc) is 2.91. The number of ether oxygens (including phenoxy) is 1. The highest BCUT2D eigenvalue weighted by atomic mass is 16.5. The molecule has 5 heteroatoms. The first kappa shape index (κ1) is 15.8. The molecule has 0 saturated carbocycles. The second-order valence-corrected chi connectivity index (χ2v) is 5.39. The van der Waals surface area contributed by atoms with Crippen LogP contribution in [0, 0.1) is 5.92 Å². The highest BCUT2D eigenvalue weighted by molar-refractivity contribution is 6.01.